The second-order valence-corrected chi connectivity index (χ2v) is 8.89. The summed E-state index contributed by atoms with van der Waals surface area (Å²) >= 11 is 1.38. The Bertz CT molecular complexity index is 1160. The number of imidazole rings is 1. The van der Waals surface area contributed by atoms with Crippen molar-refractivity contribution in [3.05, 3.63) is 42.2 Å². The van der Waals surface area contributed by atoms with Crippen molar-refractivity contribution >= 4 is 28.0 Å². The normalized spacial score (nSPS) is 20.1. The molecule has 1 unspecified atom stereocenters. The number of aromatic amines is 1. The molecule has 5 rings (SSSR count). The molecule has 1 aliphatic heterocycles. The van der Waals surface area contributed by atoms with Gasteiger partial charge in [0, 0.05) is 31.0 Å². The number of likely N-dealkylation sites (tertiary alicyclic amines) is 1. The quantitative estimate of drug-likeness (QED) is 0.502. The predicted octanol–water partition coefficient (Wildman–Crippen LogP) is 3.95. The summed E-state index contributed by atoms with van der Waals surface area (Å²) in [5.41, 5.74) is 3.33. The molecule has 5 heterocycles. The van der Waals surface area contributed by atoms with Crippen LogP contribution in [0.1, 0.15) is 31.2 Å². The molecule has 8 nitrogen and oxygen atoms in total. The van der Waals surface area contributed by atoms with Crippen molar-refractivity contribution in [2.75, 3.05) is 18.4 Å². The van der Waals surface area contributed by atoms with Gasteiger partial charge in [0.15, 0.2) is 11.5 Å². The third-order valence-corrected chi connectivity index (χ3v) is 6.06. The lowest BCUT2D eigenvalue weighted by Crippen LogP contribution is -2.42. The lowest BCUT2D eigenvalue weighted by molar-refractivity contribution is 0.0558. The molecule has 1 fully saturated rings. The molecule has 1 saturated heterocycles. The van der Waals surface area contributed by atoms with E-state index < -0.39 is 5.67 Å². The van der Waals surface area contributed by atoms with Gasteiger partial charge in [0.1, 0.15) is 10.7 Å². The highest BCUT2D eigenvalue weighted by molar-refractivity contribution is 7.10. The minimum atomic E-state index is -1.11. The molecule has 4 aromatic heterocycles. The molecule has 1 aliphatic rings. The highest BCUT2D eigenvalue weighted by atomic mass is 32.1. The average Bonchev–Trinajstić information content (AvgIpc) is 3.41. The Hall–Kier alpha value is -2.85. The van der Waals surface area contributed by atoms with Gasteiger partial charge in [-0.3, -0.25) is 14.4 Å². The number of aryl methyl sites for hydroxylation is 1. The Morgan fingerprint density at radius 2 is 2.27 bits per heavy atom. The molecule has 10 heteroatoms. The molecule has 0 amide bonds. The molecule has 156 valence electrons. The predicted molar refractivity (Wildman–Crippen MR) is 115 cm³/mol. The molecule has 0 saturated carbocycles. The van der Waals surface area contributed by atoms with Crippen molar-refractivity contribution in [1.82, 2.24) is 33.8 Å². The highest BCUT2D eigenvalue weighted by Gasteiger charge is 2.30. The molecular weight excluding hydrogens is 403 g/mol. The van der Waals surface area contributed by atoms with Gasteiger partial charge in [-0.25, -0.2) is 14.4 Å². The van der Waals surface area contributed by atoms with Gasteiger partial charge < -0.3 is 5.32 Å². The largest absolute Gasteiger partial charge is 0.328 e. The number of rotatable bonds is 5. The lowest BCUT2D eigenvalue weighted by atomic mass is 9.97. The van der Waals surface area contributed by atoms with Crippen LogP contribution in [0.2, 0.25) is 0 Å². The summed E-state index contributed by atoms with van der Waals surface area (Å²) in [6.07, 6.45) is 8.89. The van der Waals surface area contributed by atoms with E-state index in [4.69, 9.17) is 0 Å². The van der Waals surface area contributed by atoms with Crippen LogP contribution in [0.3, 0.4) is 0 Å². The van der Waals surface area contributed by atoms with Crippen molar-refractivity contribution < 1.29 is 4.39 Å². The monoisotopic (exact) mass is 426 g/mol. The summed E-state index contributed by atoms with van der Waals surface area (Å²) in [7, 11) is 0. The van der Waals surface area contributed by atoms with Crippen LogP contribution in [-0.2, 0) is 6.54 Å². The molecule has 30 heavy (non-hydrogen) atoms. The number of aromatic nitrogens is 6. The van der Waals surface area contributed by atoms with E-state index in [1.807, 2.05) is 36.0 Å². The smallest absolute Gasteiger partial charge is 0.180 e. The summed E-state index contributed by atoms with van der Waals surface area (Å²) in [5.74, 6) is 0.675. The van der Waals surface area contributed by atoms with Crippen molar-refractivity contribution in [2.45, 2.75) is 38.9 Å². The van der Waals surface area contributed by atoms with E-state index >= 15 is 0 Å². The minimum absolute atomic E-state index is 0.457. The van der Waals surface area contributed by atoms with Crippen LogP contribution < -0.4 is 5.32 Å². The zero-order valence-electron chi connectivity index (χ0n) is 16.9. The standard InChI is InChI=1S/C20H23FN8S/c1-13-10-29-16(14-7-23-24-8-14)9-22-19(29)18(25-13)26-17-6-15(27-30-17)11-28-5-3-4-20(2,21)12-28/h6-10H,3-5,11-12H2,1-2H3,(H,23,24)(H,25,26). The van der Waals surface area contributed by atoms with E-state index in [0.29, 0.717) is 25.3 Å². The van der Waals surface area contributed by atoms with Crippen molar-refractivity contribution in [3.63, 3.8) is 0 Å². The summed E-state index contributed by atoms with van der Waals surface area (Å²) in [4.78, 5) is 11.3. The first-order chi connectivity index (χ1) is 14.5. The van der Waals surface area contributed by atoms with Crippen LogP contribution in [0, 0.1) is 6.92 Å². The number of nitrogens with one attached hydrogen (secondary N) is 2. The Morgan fingerprint density at radius 3 is 3.07 bits per heavy atom. The number of H-pyrrole nitrogens is 1. The SMILES string of the molecule is Cc1cn2c(-c3cn[nH]c3)cnc2c(Nc2cc(CN3CCCC(C)(F)C3)ns2)n1. The fourth-order valence-electron chi connectivity index (χ4n) is 4.02. The summed E-state index contributed by atoms with van der Waals surface area (Å²) < 4.78 is 20.9. The van der Waals surface area contributed by atoms with Crippen molar-refractivity contribution in [3.8, 4) is 11.3 Å². The Kier molecular flexibility index (Phi) is 4.75. The maximum Gasteiger partial charge on any atom is 0.180 e. The molecular formula is C20H23FN8S. The second kappa shape index (κ2) is 7.44. The summed E-state index contributed by atoms with van der Waals surface area (Å²) in [5, 5.41) is 11.1. The minimum Gasteiger partial charge on any atom is -0.328 e. The number of fused-ring (bicyclic) bond motifs is 1. The summed E-state index contributed by atoms with van der Waals surface area (Å²) in [6.45, 7) is 5.65. The number of hydrogen-bond acceptors (Lipinski definition) is 7. The van der Waals surface area contributed by atoms with E-state index in [9.17, 15) is 4.39 Å². The van der Waals surface area contributed by atoms with Gasteiger partial charge in [0.2, 0.25) is 0 Å². The van der Waals surface area contributed by atoms with Gasteiger partial charge in [-0.1, -0.05) is 0 Å². The van der Waals surface area contributed by atoms with Gasteiger partial charge in [0.25, 0.3) is 0 Å². The van der Waals surface area contributed by atoms with Crippen LogP contribution >= 0.6 is 11.5 Å². The van der Waals surface area contributed by atoms with Gasteiger partial charge in [0.05, 0.1) is 29.5 Å². The van der Waals surface area contributed by atoms with E-state index in [-0.39, 0.29) is 0 Å². The maximum absolute atomic E-state index is 14.3. The topological polar surface area (TPSA) is 87.0 Å². The number of halogens is 1. The van der Waals surface area contributed by atoms with E-state index in [1.54, 1.807) is 13.1 Å². The summed E-state index contributed by atoms with van der Waals surface area (Å²) in [6, 6.07) is 2.01. The third kappa shape index (κ3) is 3.80. The lowest BCUT2D eigenvalue weighted by Gasteiger charge is -2.34. The zero-order valence-corrected chi connectivity index (χ0v) is 17.7. The molecule has 2 N–H and O–H groups in total. The number of piperidine rings is 1. The first-order valence-electron chi connectivity index (χ1n) is 9.95. The molecule has 4 aromatic rings. The maximum atomic E-state index is 14.3. The van der Waals surface area contributed by atoms with Crippen LogP contribution in [-0.4, -0.2) is 52.6 Å². The third-order valence-electron chi connectivity index (χ3n) is 5.32. The zero-order chi connectivity index (χ0) is 20.7. The number of anilines is 2. The highest BCUT2D eigenvalue weighted by Crippen LogP contribution is 2.29. The fourth-order valence-corrected chi connectivity index (χ4v) is 4.68. The Balaban J connectivity index is 1.38. The average molecular weight is 427 g/mol. The van der Waals surface area contributed by atoms with Gasteiger partial charge in [-0.05, 0) is 50.8 Å². The van der Waals surface area contributed by atoms with Crippen LogP contribution in [0.25, 0.3) is 16.9 Å². The van der Waals surface area contributed by atoms with Crippen LogP contribution in [0.15, 0.2) is 30.9 Å². The van der Waals surface area contributed by atoms with E-state index in [2.05, 4.69) is 34.8 Å². The first kappa shape index (κ1) is 19.1. The van der Waals surface area contributed by atoms with Crippen LogP contribution in [0.5, 0.6) is 0 Å². The molecule has 0 spiro atoms. The Labute approximate surface area is 177 Å². The van der Waals surface area contributed by atoms with Crippen molar-refractivity contribution in [1.29, 1.82) is 0 Å². The van der Waals surface area contributed by atoms with E-state index in [0.717, 1.165) is 46.3 Å². The number of nitrogens with zero attached hydrogens (tertiary/aromatic N) is 6. The molecule has 0 radical (unpaired) electrons. The fraction of sp³-hybridized carbons (Fsp3) is 0.400. The van der Waals surface area contributed by atoms with Gasteiger partial charge >= 0.3 is 0 Å². The van der Waals surface area contributed by atoms with Gasteiger partial charge in [-0.2, -0.15) is 9.47 Å². The Morgan fingerprint density at radius 1 is 1.37 bits per heavy atom. The van der Waals surface area contributed by atoms with Gasteiger partial charge in [-0.15, -0.1) is 0 Å². The van der Waals surface area contributed by atoms with E-state index in [1.165, 1.54) is 11.5 Å². The van der Waals surface area contributed by atoms with Crippen LogP contribution in [0.4, 0.5) is 15.2 Å². The number of alkyl halides is 1. The number of hydrogen-bond donors (Lipinski definition) is 2. The first-order valence-corrected chi connectivity index (χ1v) is 10.7. The molecule has 1 atom stereocenters. The van der Waals surface area contributed by atoms with Crippen molar-refractivity contribution in [2.24, 2.45) is 0 Å². The second-order valence-electron chi connectivity index (χ2n) is 8.09. The molecule has 0 aliphatic carbocycles. The molecule has 0 aromatic carbocycles. The molecule has 0 bridgehead atoms.